The van der Waals surface area contributed by atoms with Gasteiger partial charge in [-0.2, -0.15) is 0 Å². The number of nitrogens with zero attached hydrogens (tertiary/aromatic N) is 1. The Morgan fingerprint density at radius 3 is 2.68 bits per heavy atom. The minimum Gasteiger partial charge on any atom is -0.497 e. The summed E-state index contributed by atoms with van der Waals surface area (Å²) in [5.74, 6) is 1.07. The molecule has 0 aliphatic heterocycles. The number of esters is 1. The molecule has 1 heterocycles. The molecule has 1 aromatic heterocycles. The number of likely N-dealkylation sites (N-methyl/N-ethyl adjacent to an activating group) is 1. The molecular weight excluding hydrogens is 322 g/mol. The van der Waals surface area contributed by atoms with E-state index < -0.39 is 5.97 Å². The number of carbonyl (C=O) groups is 2. The van der Waals surface area contributed by atoms with Gasteiger partial charge in [0.15, 0.2) is 0 Å². The third-order valence-corrected chi connectivity index (χ3v) is 3.66. The molecule has 2 rings (SSSR count). The second-order valence-electron chi connectivity index (χ2n) is 5.48. The summed E-state index contributed by atoms with van der Waals surface area (Å²) in [7, 11) is 4.57. The molecule has 132 valence electrons. The maximum absolute atomic E-state index is 12.2. The third-order valence-electron chi connectivity index (χ3n) is 3.66. The van der Waals surface area contributed by atoms with Crippen molar-refractivity contribution in [3.63, 3.8) is 0 Å². The number of carbonyl (C=O) groups excluding carboxylic acids is 2. The zero-order chi connectivity index (χ0) is 18.4. The number of benzene rings is 1. The highest BCUT2D eigenvalue weighted by atomic mass is 16.5. The molecular formula is C19H21NO5. The molecule has 0 N–H and O–H groups in total. The van der Waals surface area contributed by atoms with Gasteiger partial charge in [0.2, 0.25) is 5.91 Å². The van der Waals surface area contributed by atoms with Crippen LogP contribution < -0.4 is 4.74 Å². The van der Waals surface area contributed by atoms with E-state index in [1.54, 1.807) is 33.2 Å². The molecule has 0 atom stereocenters. The highest BCUT2D eigenvalue weighted by Gasteiger charge is 2.17. The summed E-state index contributed by atoms with van der Waals surface area (Å²) in [6.45, 7) is 1.93. The average molecular weight is 343 g/mol. The first-order valence-corrected chi connectivity index (χ1v) is 7.69. The van der Waals surface area contributed by atoms with Crippen molar-refractivity contribution in [2.24, 2.45) is 0 Å². The predicted molar refractivity (Wildman–Crippen MR) is 93.3 cm³/mol. The molecule has 0 radical (unpaired) electrons. The molecule has 2 aromatic rings. The first-order chi connectivity index (χ1) is 11.9. The van der Waals surface area contributed by atoms with E-state index in [0.717, 1.165) is 11.3 Å². The van der Waals surface area contributed by atoms with Crippen molar-refractivity contribution in [1.29, 1.82) is 0 Å². The molecule has 0 saturated heterocycles. The molecule has 0 aliphatic carbocycles. The fourth-order valence-corrected chi connectivity index (χ4v) is 2.29. The van der Waals surface area contributed by atoms with Crippen molar-refractivity contribution in [1.82, 2.24) is 4.90 Å². The standard InChI is InChI=1S/C19H21NO5/c1-13-17(19(22)24-4)11-16(25-13)12-20(2)18(21)9-8-14-6-5-7-15(10-14)23-3/h5-11H,12H2,1-4H3/b9-8+. The number of ether oxygens (including phenoxy) is 2. The number of hydrogen-bond donors (Lipinski definition) is 0. The van der Waals surface area contributed by atoms with Gasteiger partial charge in [0.05, 0.1) is 20.8 Å². The van der Waals surface area contributed by atoms with Crippen molar-refractivity contribution >= 4 is 18.0 Å². The average Bonchev–Trinajstić information content (AvgIpc) is 2.99. The van der Waals surface area contributed by atoms with Crippen LogP contribution in [-0.4, -0.2) is 38.0 Å². The van der Waals surface area contributed by atoms with Crippen LogP contribution in [0.25, 0.3) is 6.08 Å². The van der Waals surface area contributed by atoms with Gasteiger partial charge < -0.3 is 18.8 Å². The molecule has 25 heavy (non-hydrogen) atoms. The van der Waals surface area contributed by atoms with Crippen molar-refractivity contribution in [3.8, 4) is 5.75 Å². The molecule has 0 spiro atoms. The van der Waals surface area contributed by atoms with Gasteiger partial charge in [-0.25, -0.2) is 4.79 Å². The summed E-state index contributed by atoms with van der Waals surface area (Å²) in [5.41, 5.74) is 1.23. The van der Waals surface area contributed by atoms with E-state index in [-0.39, 0.29) is 12.5 Å². The van der Waals surface area contributed by atoms with Gasteiger partial charge in [0, 0.05) is 13.1 Å². The lowest BCUT2D eigenvalue weighted by Crippen LogP contribution is -2.23. The molecule has 6 nitrogen and oxygen atoms in total. The molecule has 0 saturated carbocycles. The van der Waals surface area contributed by atoms with Gasteiger partial charge in [-0.15, -0.1) is 0 Å². The summed E-state index contributed by atoms with van der Waals surface area (Å²) < 4.78 is 15.4. The molecule has 0 aliphatic rings. The number of hydrogen-bond acceptors (Lipinski definition) is 5. The number of rotatable bonds is 6. The Balaban J connectivity index is 2.02. The largest absolute Gasteiger partial charge is 0.497 e. The predicted octanol–water partition coefficient (Wildman–Crippen LogP) is 3.06. The highest BCUT2D eigenvalue weighted by molar-refractivity contribution is 5.92. The lowest BCUT2D eigenvalue weighted by atomic mass is 10.2. The Bertz CT molecular complexity index is 791. The summed E-state index contributed by atoms with van der Waals surface area (Å²) in [6, 6.07) is 9.00. The third kappa shape index (κ3) is 4.73. The van der Waals surface area contributed by atoms with E-state index >= 15 is 0 Å². The smallest absolute Gasteiger partial charge is 0.341 e. The lowest BCUT2D eigenvalue weighted by Gasteiger charge is -2.13. The molecule has 1 aromatic carbocycles. The minimum atomic E-state index is -0.459. The fourth-order valence-electron chi connectivity index (χ4n) is 2.29. The van der Waals surface area contributed by atoms with Crippen LogP contribution in [0.3, 0.4) is 0 Å². The minimum absolute atomic E-state index is 0.184. The van der Waals surface area contributed by atoms with Crippen molar-refractivity contribution < 1.29 is 23.5 Å². The summed E-state index contributed by atoms with van der Waals surface area (Å²) in [6.07, 6.45) is 3.19. The van der Waals surface area contributed by atoms with Crippen LogP contribution in [-0.2, 0) is 16.1 Å². The Labute approximate surface area is 146 Å². The zero-order valence-electron chi connectivity index (χ0n) is 14.7. The number of aryl methyl sites for hydroxylation is 1. The topological polar surface area (TPSA) is 69.0 Å². The van der Waals surface area contributed by atoms with Gasteiger partial charge in [-0.05, 0) is 36.8 Å². The van der Waals surface area contributed by atoms with Crippen LogP contribution >= 0.6 is 0 Å². The summed E-state index contributed by atoms with van der Waals surface area (Å²) in [5, 5.41) is 0. The van der Waals surface area contributed by atoms with Crippen LogP contribution in [0.5, 0.6) is 5.75 Å². The van der Waals surface area contributed by atoms with Crippen molar-refractivity contribution in [3.05, 3.63) is 59.1 Å². The molecule has 6 heteroatoms. The van der Waals surface area contributed by atoms with E-state index in [2.05, 4.69) is 4.74 Å². The first-order valence-electron chi connectivity index (χ1n) is 7.69. The van der Waals surface area contributed by atoms with Crippen LogP contribution in [0.4, 0.5) is 0 Å². The SMILES string of the molecule is COC(=O)c1cc(CN(C)C(=O)/C=C/c2cccc(OC)c2)oc1C. The van der Waals surface area contributed by atoms with Gasteiger partial charge in [0.1, 0.15) is 22.8 Å². The monoisotopic (exact) mass is 343 g/mol. The zero-order valence-corrected chi connectivity index (χ0v) is 14.7. The van der Waals surface area contributed by atoms with E-state index in [1.807, 2.05) is 24.3 Å². The van der Waals surface area contributed by atoms with E-state index in [0.29, 0.717) is 17.1 Å². The molecule has 0 fully saturated rings. The summed E-state index contributed by atoms with van der Waals surface area (Å²) >= 11 is 0. The number of methoxy groups -OCH3 is 2. The normalized spacial score (nSPS) is 10.7. The van der Waals surface area contributed by atoms with Gasteiger partial charge in [0.25, 0.3) is 0 Å². The Morgan fingerprint density at radius 2 is 2.00 bits per heavy atom. The van der Waals surface area contributed by atoms with Crippen molar-refractivity contribution in [2.45, 2.75) is 13.5 Å². The van der Waals surface area contributed by atoms with Crippen LogP contribution in [0.2, 0.25) is 0 Å². The lowest BCUT2D eigenvalue weighted by molar-refractivity contribution is -0.125. The highest BCUT2D eigenvalue weighted by Crippen LogP contribution is 2.17. The molecule has 1 amide bonds. The van der Waals surface area contributed by atoms with Gasteiger partial charge in [-0.1, -0.05) is 12.1 Å². The maximum atomic E-state index is 12.2. The Kier molecular flexibility index (Phi) is 6.00. The van der Waals surface area contributed by atoms with E-state index in [1.165, 1.54) is 18.1 Å². The van der Waals surface area contributed by atoms with Crippen LogP contribution in [0.15, 0.2) is 40.8 Å². The fraction of sp³-hybridized carbons (Fsp3) is 0.263. The van der Waals surface area contributed by atoms with Gasteiger partial charge >= 0.3 is 5.97 Å². The van der Waals surface area contributed by atoms with Crippen molar-refractivity contribution in [2.75, 3.05) is 21.3 Å². The summed E-state index contributed by atoms with van der Waals surface area (Å²) in [4.78, 5) is 25.3. The maximum Gasteiger partial charge on any atom is 0.341 e. The molecule has 0 bridgehead atoms. The Morgan fingerprint density at radius 1 is 1.24 bits per heavy atom. The Hall–Kier alpha value is -3.02. The first kappa shape index (κ1) is 18.3. The van der Waals surface area contributed by atoms with Crippen LogP contribution in [0, 0.1) is 6.92 Å². The van der Waals surface area contributed by atoms with E-state index in [9.17, 15) is 9.59 Å². The molecule has 0 unspecified atom stereocenters. The van der Waals surface area contributed by atoms with E-state index in [4.69, 9.17) is 9.15 Å². The number of furan rings is 1. The van der Waals surface area contributed by atoms with Gasteiger partial charge in [-0.3, -0.25) is 4.79 Å². The second kappa shape index (κ2) is 8.19. The second-order valence-corrected chi connectivity index (χ2v) is 5.48. The quantitative estimate of drug-likeness (QED) is 0.596. The van der Waals surface area contributed by atoms with Crippen LogP contribution in [0.1, 0.15) is 27.4 Å². The number of amides is 1.